The minimum Gasteiger partial charge on any atom is -0.479 e. The molecule has 2 fully saturated rings. The Labute approximate surface area is 183 Å². The van der Waals surface area contributed by atoms with Crippen molar-refractivity contribution in [2.75, 3.05) is 37.6 Å². The fourth-order valence-corrected chi connectivity index (χ4v) is 4.14. The molecule has 0 spiro atoms. The van der Waals surface area contributed by atoms with E-state index in [1.807, 2.05) is 19.1 Å². The maximum absolute atomic E-state index is 12.8. The third-order valence-corrected chi connectivity index (χ3v) is 5.83. The van der Waals surface area contributed by atoms with Gasteiger partial charge in [0.25, 0.3) is 0 Å². The van der Waals surface area contributed by atoms with Crippen LogP contribution in [0.25, 0.3) is 0 Å². The first kappa shape index (κ1) is 23.2. The van der Waals surface area contributed by atoms with E-state index in [0.29, 0.717) is 31.3 Å². The lowest BCUT2D eigenvalue weighted by molar-refractivity contribution is -0.163. The maximum Gasteiger partial charge on any atom is 0.354 e. The van der Waals surface area contributed by atoms with Crippen LogP contribution in [0, 0.1) is 0 Å². The van der Waals surface area contributed by atoms with E-state index in [4.69, 9.17) is 9.47 Å². The zero-order valence-corrected chi connectivity index (χ0v) is 18.5. The van der Waals surface area contributed by atoms with Crippen molar-refractivity contribution < 1.29 is 23.9 Å². The van der Waals surface area contributed by atoms with Gasteiger partial charge in [-0.1, -0.05) is 13.3 Å². The number of esters is 2. The van der Waals surface area contributed by atoms with Gasteiger partial charge in [-0.3, -0.25) is 14.5 Å². The molecule has 2 aliphatic rings. The van der Waals surface area contributed by atoms with Crippen LogP contribution in [0.4, 0.5) is 5.69 Å². The number of amides is 1. The molecule has 8 nitrogen and oxygen atoms in total. The Balaban J connectivity index is 1.59. The van der Waals surface area contributed by atoms with Gasteiger partial charge in [0.1, 0.15) is 5.75 Å². The van der Waals surface area contributed by atoms with Crippen molar-refractivity contribution in [1.29, 1.82) is 0 Å². The fraction of sp³-hybridized carbons (Fsp3) is 0.609. The number of carbonyl (C=O) groups is 3. The lowest BCUT2D eigenvalue weighted by Crippen LogP contribution is -2.55. The molecule has 1 unspecified atom stereocenters. The molecule has 170 valence electrons. The molecule has 1 N–H and O–H groups in total. The molecule has 31 heavy (non-hydrogen) atoms. The van der Waals surface area contributed by atoms with Crippen LogP contribution in [-0.4, -0.2) is 67.6 Å². The Bertz CT molecular complexity index is 761. The predicted molar refractivity (Wildman–Crippen MR) is 117 cm³/mol. The van der Waals surface area contributed by atoms with Crippen LogP contribution in [0.1, 0.15) is 46.0 Å². The SMILES string of the molecule is CCCCC(Oc1ccc(N2CCN(C3CCNCC3)CC2=O)cc1)C(=O)OC(C)=O. The highest BCUT2D eigenvalue weighted by atomic mass is 16.6. The van der Waals surface area contributed by atoms with Crippen molar-refractivity contribution in [3.05, 3.63) is 24.3 Å². The molecule has 0 radical (unpaired) electrons. The molecule has 3 rings (SSSR count). The lowest BCUT2D eigenvalue weighted by Gasteiger charge is -2.40. The number of nitrogens with one attached hydrogen (secondary N) is 1. The van der Waals surface area contributed by atoms with Crippen molar-refractivity contribution in [2.24, 2.45) is 0 Å². The number of anilines is 1. The highest BCUT2D eigenvalue weighted by Gasteiger charge is 2.30. The highest BCUT2D eigenvalue weighted by Crippen LogP contribution is 2.24. The summed E-state index contributed by atoms with van der Waals surface area (Å²) in [6.45, 7) is 7.21. The van der Waals surface area contributed by atoms with Crippen molar-refractivity contribution >= 4 is 23.5 Å². The number of carbonyl (C=O) groups excluding carboxylic acids is 3. The van der Waals surface area contributed by atoms with E-state index in [0.717, 1.165) is 51.0 Å². The van der Waals surface area contributed by atoms with Gasteiger partial charge in [0.15, 0.2) is 6.10 Å². The molecule has 0 saturated carbocycles. The molecule has 0 bridgehead atoms. The van der Waals surface area contributed by atoms with Crippen LogP contribution < -0.4 is 15.0 Å². The van der Waals surface area contributed by atoms with Crippen molar-refractivity contribution in [2.45, 2.75) is 58.1 Å². The van der Waals surface area contributed by atoms with Crippen LogP contribution in [0.5, 0.6) is 5.75 Å². The van der Waals surface area contributed by atoms with E-state index in [2.05, 4.69) is 10.2 Å². The van der Waals surface area contributed by atoms with Gasteiger partial charge in [-0.15, -0.1) is 0 Å². The molecule has 1 atom stereocenters. The molecular weight excluding hydrogens is 398 g/mol. The van der Waals surface area contributed by atoms with Gasteiger partial charge in [0.05, 0.1) is 6.54 Å². The van der Waals surface area contributed by atoms with Gasteiger partial charge in [-0.05, 0) is 63.0 Å². The zero-order valence-electron chi connectivity index (χ0n) is 18.5. The number of hydrogen-bond donors (Lipinski definition) is 1. The van der Waals surface area contributed by atoms with Crippen molar-refractivity contribution in [3.63, 3.8) is 0 Å². The largest absolute Gasteiger partial charge is 0.479 e. The third-order valence-electron chi connectivity index (χ3n) is 5.83. The number of piperidine rings is 1. The van der Waals surface area contributed by atoms with Crippen molar-refractivity contribution in [1.82, 2.24) is 10.2 Å². The van der Waals surface area contributed by atoms with E-state index in [-0.39, 0.29) is 5.91 Å². The first-order valence-corrected chi connectivity index (χ1v) is 11.2. The summed E-state index contributed by atoms with van der Waals surface area (Å²) in [5, 5.41) is 3.37. The Kier molecular flexibility index (Phi) is 8.43. The van der Waals surface area contributed by atoms with Gasteiger partial charge in [-0.2, -0.15) is 0 Å². The topological polar surface area (TPSA) is 88.2 Å². The highest BCUT2D eigenvalue weighted by molar-refractivity contribution is 5.95. The van der Waals surface area contributed by atoms with Crippen LogP contribution >= 0.6 is 0 Å². The third kappa shape index (κ3) is 6.51. The van der Waals surface area contributed by atoms with Crippen LogP contribution in [0.15, 0.2) is 24.3 Å². The second kappa shape index (κ2) is 11.2. The summed E-state index contributed by atoms with van der Waals surface area (Å²) in [5.74, 6) is -0.711. The number of hydrogen-bond acceptors (Lipinski definition) is 7. The van der Waals surface area contributed by atoms with Crippen LogP contribution in [0.3, 0.4) is 0 Å². The van der Waals surface area contributed by atoms with E-state index in [9.17, 15) is 14.4 Å². The monoisotopic (exact) mass is 431 g/mol. The Morgan fingerprint density at radius 1 is 1.16 bits per heavy atom. The summed E-state index contributed by atoms with van der Waals surface area (Å²) in [7, 11) is 0. The summed E-state index contributed by atoms with van der Waals surface area (Å²) >= 11 is 0. The van der Waals surface area contributed by atoms with Gasteiger partial charge >= 0.3 is 11.9 Å². The zero-order chi connectivity index (χ0) is 22.2. The summed E-state index contributed by atoms with van der Waals surface area (Å²) in [6.07, 6.45) is 3.50. The number of benzene rings is 1. The fourth-order valence-electron chi connectivity index (χ4n) is 4.14. The molecule has 1 aromatic rings. The number of unbranched alkanes of at least 4 members (excludes halogenated alkanes) is 1. The van der Waals surface area contributed by atoms with Gasteiger partial charge in [0.2, 0.25) is 5.91 Å². The standard InChI is InChI=1S/C23H33N3O5/c1-3-4-5-21(23(29)30-17(2)27)31-20-8-6-19(7-9-20)26-15-14-25(16-22(26)28)18-10-12-24-13-11-18/h6-9,18,21,24H,3-5,10-16H2,1-2H3. The number of ether oxygens (including phenoxy) is 2. The van der Waals surface area contributed by atoms with E-state index in [1.165, 1.54) is 6.92 Å². The normalized spacial score (nSPS) is 19.2. The van der Waals surface area contributed by atoms with Crippen LogP contribution in [-0.2, 0) is 19.1 Å². The summed E-state index contributed by atoms with van der Waals surface area (Å²) in [4.78, 5) is 40.1. The second-order valence-corrected chi connectivity index (χ2v) is 8.15. The Morgan fingerprint density at radius 3 is 2.48 bits per heavy atom. The maximum atomic E-state index is 12.8. The number of piperazine rings is 1. The molecule has 2 saturated heterocycles. The summed E-state index contributed by atoms with van der Waals surface area (Å²) in [5.41, 5.74) is 0.818. The minimum absolute atomic E-state index is 0.101. The van der Waals surface area contributed by atoms with E-state index >= 15 is 0 Å². The van der Waals surface area contributed by atoms with E-state index < -0.39 is 18.0 Å². The van der Waals surface area contributed by atoms with Gasteiger partial charge in [-0.25, -0.2) is 4.79 Å². The minimum atomic E-state index is -0.829. The molecule has 8 heteroatoms. The molecule has 1 amide bonds. The quantitative estimate of drug-likeness (QED) is 0.498. The number of rotatable bonds is 8. The average molecular weight is 432 g/mol. The van der Waals surface area contributed by atoms with Gasteiger partial charge in [0, 0.05) is 31.7 Å². The molecule has 0 aliphatic carbocycles. The predicted octanol–water partition coefficient (Wildman–Crippen LogP) is 2.11. The summed E-state index contributed by atoms with van der Waals surface area (Å²) < 4.78 is 10.5. The second-order valence-electron chi connectivity index (χ2n) is 8.15. The van der Waals surface area contributed by atoms with E-state index in [1.54, 1.807) is 17.0 Å². The smallest absolute Gasteiger partial charge is 0.354 e. The Morgan fingerprint density at radius 2 is 1.87 bits per heavy atom. The van der Waals surface area contributed by atoms with Crippen molar-refractivity contribution in [3.8, 4) is 5.75 Å². The molecule has 2 heterocycles. The molecule has 2 aliphatic heterocycles. The average Bonchev–Trinajstić information content (AvgIpc) is 2.77. The Hall–Kier alpha value is -2.45. The summed E-state index contributed by atoms with van der Waals surface area (Å²) in [6, 6.07) is 7.66. The molecule has 1 aromatic carbocycles. The van der Waals surface area contributed by atoms with Crippen LogP contribution in [0.2, 0.25) is 0 Å². The first-order valence-electron chi connectivity index (χ1n) is 11.2. The lowest BCUT2D eigenvalue weighted by atomic mass is 10.0. The molecule has 0 aromatic heterocycles. The molecular formula is C23H33N3O5. The van der Waals surface area contributed by atoms with Gasteiger partial charge < -0.3 is 19.7 Å². The first-order chi connectivity index (χ1) is 15.0. The number of nitrogens with zero attached hydrogens (tertiary/aromatic N) is 2.